The summed E-state index contributed by atoms with van der Waals surface area (Å²) < 4.78 is 4.99. The predicted molar refractivity (Wildman–Crippen MR) is 56.5 cm³/mol. The quantitative estimate of drug-likeness (QED) is 0.648. The molecule has 0 saturated carbocycles. The highest BCUT2D eigenvalue weighted by atomic mass is 16.6. The largest absolute Gasteiger partial charge is 0.444 e. The number of carbonyl (C=O) groups is 1. The molecular weight excluding hydrogens is 198 g/mol. The zero-order valence-electron chi connectivity index (χ0n) is 9.78. The lowest BCUT2D eigenvalue weighted by molar-refractivity contribution is 0.0346. The van der Waals surface area contributed by atoms with Gasteiger partial charge in [-0.2, -0.15) is 0 Å². The molecule has 90 valence electrons. The number of nitrogens with one attached hydrogen (secondary N) is 1. The number of carbonyl (C=O) groups excluding carboxylic acids is 1. The van der Waals surface area contributed by atoms with Gasteiger partial charge < -0.3 is 20.3 Å². The van der Waals surface area contributed by atoms with E-state index in [9.17, 15) is 9.90 Å². The maximum atomic E-state index is 11.3. The van der Waals surface area contributed by atoms with E-state index in [0.29, 0.717) is 6.42 Å². The summed E-state index contributed by atoms with van der Waals surface area (Å²) in [5.74, 6) is 0. The molecule has 0 bridgehead atoms. The molecule has 0 aliphatic heterocycles. The summed E-state index contributed by atoms with van der Waals surface area (Å²) in [4.78, 5) is 11.3. The fraction of sp³-hybridized carbons (Fsp3) is 0.900. The van der Waals surface area contributed by atoms with Gasteiger partial charge in [-0.3, -0.25) is 0 Å². The molecule has 0 unspecified atom stereocenters. The average molecular weight is 219 g/mol. The third-order valence-electron chi connectivity index (χ3n) is 1.78. The standard InChI is InChI=1S/C10H21NO4/c1-5-8(13)7(6-12)11-9(14)15-10(2,3)4/h7-8,12-13H,5-6H2,1-4H3,(H,11,14)/t7-,8-/m1/s1. The fourth-order valence-electron chi connectivity index (χ4n) is 1.01. The van der Waals surface area contributed by atoms with Gasteiger partial charge >= 0.3 is 6.09 Å². The first-order valence-electron chi connectivity index (χ1n) is 5.08. The zero-order valence-corrected chi connectivity index (χ0v) is 9.78. The van der Waals surface area contributed by atoms with Gasteiger partial charge in [0, 0.05) is 0 Å². The fourth-order valence-corrected chi connectivity index (χ4v) is 1.01. The molecule has 0 heterocycles. The first-order chi connectivity index (χ1) is 6.80. The molecule has 0 spiro atoms. The maximum Gasteiger partial charge on any atom is 0.408 e. The lowest BCUT2D eigenvalue weighted by Crippen LogP contribution is -2.47. The number of alkyl carbamates (subject to hydrolysis) is 1. The summed E-state index contributed by atoms with van der Waals surface area (Å²) in [6, 6.07) is -0.676. The Kier molecular flexibility index (Phi) is 5.60. The normalized spacial score (nSPS) is 15.6. The lowest BCUT2D eigenvalue weighted by atomic mass is 10.1. The Morgan fingerprint density at radius 3 is 2.33 bits per heavy atom. The van der Waals surface area contributed by atoms with Crippen molar-refractivity contribution in [1.82, 2.24) is 5.32 Å². The van der Waals surface area contributed by atoms with Crippen molar-refractivity contribution in [2.75, 3.05) is 6.61 Å². The van der Waals surface area contributed by atoms with E-state index < -0.39 is 23.8 Å². The molecule has 0 aromatic rings. The van der Waals surface area contributed by atoms with E-state index in [4.69, 9.17) is 9.84 Å². The van der Waals surface area contributed by atoms with Crippen LogP contribution < -0.4 is 5.32 Å². The SMILES string of the molecule is CC[C@@H](O)[C@@H](CO)NC(=O)OC(C)(C)C. The molecule has 0 aromatic carbocycles. The second kappa shape index (κ2) is 5.92. The number of aliphatic hydroxyl groups is 2. The van der Waals surface area contributed by atoms with E-state index in [1.54, 1.807) is 27.7 Å². The minimum atomic E-state index is -0.762. The van der Waals surface area contributed by atoms with E-state index in [0.717, 1.165) is 0 Å². The first-order valence-corrected chi connectivity index (χ1v) is 5.08. The number of ether oxygens (including phenoxy) is 1. The van der Waals surface area contributed by atoms with Crippen LogP contribution in [0.4, 0.5) is 4.79 Å². The van der Waals surface area contributed by atoms with Crippen molar-refractivity contribution < 1.29 is 19.7 Å². The minimum absolute atomic E-state index is 0.311. The van der Waals surface area contributed by atoms with Gasteiger partial charge in [0.25, 0.3) is 0 Å². The number of aliphatic hydroxyl groups excluding tert-OH is 2. The van der Waals surface area contributed by atoms with Gasteiger partial charge in [-0.25, -0.2) is 4.79 Å². The second-order valence-electron chi connectivity index (χ2n) is 4.41. The number of hydrogen-bond acceptors (Lipinski definition) is 4. The highest BCUT2D eigenvalue weighted by molar-refractivity contribution is 5.68. The van der Waals surface area contributed by atoms with Gasteiger partial charge in [-0.1, -0.05) is 6.92 Å². The van der Waals surface area contributed by atoms with E-state index in [-0.39, 0.29) is 6.61 Å². The van der Waals surface area contributed by atoms with Crippen LogP contribution in [0.2, 0.25) is 0 Å². The molecule has 2 atom stereocenters. The first kappa shape index (κ1) is 14.2. The number of amides is 1. The van der Waals surface area contributed by atoms with Gasteiger partial charge in [-0.05, 0) is 27.2 Å². The third kappa shape index (κ3) is 6.30. The maximum absolute atomic E-state index is 11.3. The highest BCUT2D eigenvalue weighted by Crippen LogP contribution is 2.07. The summed E-state index contributed by atoms with van der Waals surface area (Å²) in [5, 5.41) is 20.8. The Hall–Kier alpha value is -0.810. The van der Waals surface area contributed by atoms with Crippen LogP contribution >= 0.6 is 0 Å². The molecule has 0 rings (SSSR count). The zero-order chi connectivity index (χ0) is 12.1. The van der Waals surface area contributed by atoms with E-state index in [1.807, 2.05) is 0 Å². The van der Waals surface area contributed by atoms with E-state index in [1.165, 1.54) is 0 Å². The molecule has 5 nitrogen and oxygen atoms in total. The molecule has 0 saturated heterocycles. The number of rotatable bonds is 4. The predicted octanol–water partition coefficient (Wildman–Crippen LogP) is 0.643. The van der Waals surface area contributed by atoms with Crippen molar-refractivity contribution in [1.29, 1.82) is 0 Å². The molecule has 0 fully saturated rings. The topological polar surface area (TPSA) is 78.8 Å². The van der Waals surface area contributed by atoms with Crippen molar-refractivity contribution in [2.45, 2.75) is 51.9 Å². The molecule has 3 N–H and O–H groups in total. The third-order valence-corrected chi connectivity index (χ3v) is 1.78. The molecular formula is C10H21NO4. The van der Waals surface area contributed by atoms with Gasteiger partial charge in [-0.15, -0.1) is 0 Å². The van der Waals surface area contributed by atoms with Crippen molar-refractivity contribution >= 4 is 6.09 Å². The van der Waals surface area contributed by atoms with Crippen LogP contribution in [0.15, 0.2) is 0 Å². The average Bonchev–Trinajstić information content (AvgIpc) is 2.10. The van der Waals surface area contributed by atoms with Crippen LogP contribution in [0.1, 0.15) is 34.1 Å². The smallest absolute Gasteiger partial charge is 0.408 e. The van der Waals surface area contributed by atoms with Gasteiger partial charge in [0.2, 0.25) is 0 Å². The Labute approximate surface area is 90.4 Å². The molecule has 0 aliphatic carbocycles. The molecule has 15 heavy (non-hydrogen) atoms. The van der Waals surface area contributed by atoms with Gasteiger partial charge in [0.15, 0.2) is 0 Å². The monoisotopic (exact) mass is 219 g/mol. The second-order valence-corrected chi connectivity index (χ2v) is 4.41. The van der Waals surface area contributed by atoms with Crippen LogP contribution in [-0.4, -0.2) is 40.7 Å². The van der Waals surface area contributed by atoms with Crippen LogP contribution in [0.3, 0.4) is 0 Å². The molecule has 0 aliphatic rings. The number of hydrogen-bond donors (Lipinski definition) is 3. The van der Waals surface area contributed by atoms with Crippen molar-refractivity contribution in [3.63, 3.8) is 0 Å². The van der Waals surface area contributed by atoms with Gasteiger partial charge in [0.1, 0.15) is 5.60 Å². The summed E-state index contributed by atoms with van der Waals surface area (Å²) in [6.45, 7) is 6.70. The molecule has 0 radical (unpaired) electrons. The highest BCUT2D eigenvalue weighted by Gasteiger charge is 2.22. The Morgan fingerprint density at radius 1 is 1.47 bits per heavy atom. The van der Waals surface area contributed by atoms with Crippen molar-refractivity contribution in [3.05, 3.63) is 0 Å². The van der Waals surface area contributed by atoms with Crippen LogP contribution in [-0.2, 0) is 4.74 Å². The summed E-state index contributed by atoms with van der Waals surface area (Å²) >= 11 is 0. The Morgan fingerprint density at radius 2 is 2.00 bits per heavy atom. The van der Waals surface area contributed by atoms with Crippen LogP contribution in [0.5, 0.6) is 0 Å². The molecule has 0 aromatic heterocycles. The Bertz CT molecular complexity index is 200. The molecule has 5 heteroatoms. The van der Waals surface area contributed by atoms with E-state index >= 15 is 0 Å². The molecule has 1 amide bonds. The van der Waals surface area contributed by atoms with Crippen LogP contribution in [0.25, 0.3) is 0 Å². The Balaban J connectivity index is 4.13. The van der Waals surface area contributed by atoms with E-state index in [2.05, 4.69) is 5.32 Å². The lowest BCUT2D eigenvalue weighted by Gasteiger charge is -2.24. The van der Waals surface area contributed by atoms with Crippen molar-refractivity contribution in [3.8, 4) is 0 Å². The summed E-state index contributed by atoms with van der Waals surface area (Å²) in [6.07, 6.45) is -0.933. The summed E-state index contributed by atoms with van der Waals surface area (Å²) in [7, 11) is 0. The van der Waals surface area contributed by atoms with Crippen molar-refractivity contribution in [2.24, 2.45) is 0 Å². The minimum Gasteiger partial charge on any atom is -0.444 e. The van der Waals surface area contributed by atoms with Gasteiger partial charge in [0.05, 0.1) is 18.8 Å². The summed E-state index contributed by atoms with van der Waals surface area (Å²) in [5.41, 5.74) is -0.582. The van der Waals surface area contributed by atoms with Crippen LogP contribution in [0, 0.1) is 0 Å².